The first-order valence-electron chi connectivity index (χ1n) is 9.08. The maximum absolute atomic E-state index is 12.4. The van der Waals surface area contributed by atoms with Gasteiger partial charge in [-0.25, -0.2) is 0 Å². The number of fused-ring (bicyclic) bond motifs is 1. The molecule has 2 aliphatic rings. The van der Waals surface area contributed by atoms with Crippen LogP contribution in [0, 0.1) is 11.3 Å². The van der Waals surface area contributed by atoms with Crippen LogP contribution in [-0.2, 0) is 16.0 Å². The number of rotatable bonds is 6. The zero-order valence-electron chi connectivity index (χ0n) is 15.2. The smallest absolute Gasteiger partial charge is 0.262 e. The Morgan fingerprint density at radius 1 is 1.50 bits per heavy atom. The molecule has 0 bridgehead atoms. The van der Waals surface area contributed by atoms with Crippen molar-refractivity contribution in [1.82, 2.24) is 5.32 Å². The van der Waals surface area contributed by atoms with E-state index in [0.717, 1.165) is 37.2 Å². The molecule has 0 saturated carbocycles. The molecule has 6 nitrogen and oxygen atoms in total. The highest BCUT2D eigenvalue weighted by Crippen LogP contribution is 2.36. The van der Waals surface area contributed by atoms with Gasteiger partial charge in [0.25, 0.3) is 5.91 Å². The lowest BCUT2D eigenvalue weighted by Gasteiger charge is -2.12. The van der Waals surface area contributed by atoms with Crippen molar-refractivity contribution >= 4 is 12.0 Å². The van der Waals surface area contributed by atoms with Crippen LogP contribution >= 0.6 is 0 Å². The molecule has 138 valence electrons. The van der Waals surface area contributed by atoms with Gasteiger partial charge < -0.3 is 19.5 Å². The van der Waals surface area contributed by atoms with E-state index in [4.69, 9.17) is 14.2 Å². The topological polar surface area (TPSA) is 80.6 Å². The van der Waals surface area contributed by atoms with E-state index >= 15 is 0 Å². The first-order chi connectivity index (χ1) is 12.6. The molecule has 2 aliphatic heterocycles. The van der Waals surface area contributed by atoms with Crippen molar-refractivity contribution in [3.8, 4) is 17.6 Å². The summed E-state index contributed by atoms with van der Waals surface area (Å²) in [6.45, 7) is 5.56. The summed E-state index contributed by atoms with van der Waals surface area (Å²) in [7, 11) is 0. The van der Waals surface area contributed by atoms with E-state index in [1.165, 1.54) is 0 Å². The van der Waals surface area contributed by atoms with Crippen LogP contribution in [0.1, 0.15) is 37.8 Å². The van der Waals surface area contributed by atoms with Gasteiger partial charge in [0.2, 0.25) is 0 Å². The van der Waals surface area contributed by atoms with E-state index in [1.54, 1.807) is 6.08 Å². The third-order valence-electron chi connectivity index (χ3n) is 4.51. The largest absolute Gasteiger partial charge is 0.493 e. The summed E-state index contributed by atoms with van der Waals surface area (Å²) in [4.78, 5) is 12.4. The number of benzene rings is 1. The minimum atomic E-state index is -0.403. The predicted octanol–water partition coefficient (Wildman–Crippen LogP) is 2.61. The molecule has 26 heavy (non-hydrogen) atoms. The number of amides is 1. The highest BCUT2D eigenvalue weighted by atomic mass is 16.5. The Bertz CT molecular complexity index is 745. The van der Waals surface area contributed by atoms with Crippen molar-refractivity contribution in [1.29, 1.82) is 5.26 Å². The Morgan fingerprint density at radius 3 is 3.04 bits per heavy atom. The number of nitrogens with one attached hydrogen (secondary N) is 1. The van der Waals surface area contributed by atoms with Crippen LogP contribution in [0.15, 0.2) is 17.7 Å². The number of hydrogen-bond acceptors (Lipinski definition) is 5. The van der Waals surface area contributed by atoms with Crippen molar-refractivity contribution in [3.05, 3.63) is 28.8 Å². The molecule has 1 aromatic rings. The van der Waals surface area contributed by atoms with E-state index < -0.39 is 5.91 Å². The summed E-state index contributed by atoms with van der Waals surface area (Å²) in [5.74, 6) is 1.04. The second-order valence-corrected chi connectivity index (χ2v) is 6.58. The van der Waals surface area contributed by atoms with Crippen molar-refractivity contribution in [3.63, 3.8) is 0 Å². The third kappa shape index (κ3) is 4.17. The zero-order valence-corrected chi connectivity index (χ0v) is 15.2. The normalized spacial score (nSPS) is 21.7. The number of nitriles is 1. The summed E-state index contributed by atoms with van der Waals surface area (Å²) in [6, 6.07) is 5.76. The molecule has 2 atom stereocenters. The number of carbonyl (C=O) groups excluding carboxylic acids is 1. The molecule has 0 aliphatic carbocycles. The Morgan fingerprint density at radius 2 is 2.35 bits per heavy atom. The first-order valence-corrected chi connectivity index (χ1v) is 9.08. The molecule has 1 fully saturated rings. The van der Waals surface area contributed by atoms with E-state index in [9.17, 15) is 10.1 Å². The Balaban J connectivity index is 1.80. The summed E-state index contributed by atoms with van der Waals surface area (Å²) in [5.41, 5.74) is 1.79. The van der Waals surface area contributed by atoms with Gasteiger partial charge in [0, 0.05) is 30.7 Å². The van der Waals surface area contributed by atoms with Gasteiger partial charge in [0.1, 0.15) is 29.2 Å². The maximum Gasteiger partial charge on any atom is 0.262 e. The lowest BCUT2D eigenvalue weighted by molar-refractivity contribution is -0.117. The van der Waals surface area contributed by atoms with Crippen LogP contribution < -0.4 is 14.8 Å². The lowest BCUT2D eigenvalue weighted by atomic mass is 10.0. The van der Waals surface area contributed by atoms with Crippen LogP contribution in [-0.4, -0.2) is 37.9 Å². The molecule has 1 amide bonds. The number of nitrogens with zero attached hydrogens (tertiary/aromatic N) is 1. The second-order valence-electron chi connectivity index (χ2n) is 6.58. The van der Waals surface area contributed by atoms with Gasteiger partial charge in [-0.15, -0.1) is 0 Å². The molecule has 1 aromatic carbocycles. The highest BCUT2D eigenvalue weighted by Gasteiger charge is 2.22. The van der Waals surface area contributed by atoms with Gasteiger partial charge in [-0.05, 0) is 44.9 Å². The van der Waals surface area contributed by atoms with Crippen molar-refractivity contribution < 1.29 is 19.0 Å². The van der Waals surface area contributed by atoms with Crippen molar-refractivity contribution in [2.45, 2.75) is 45.3 Å². The SMILES string of the molecule is CCOc1cc2c(cc1/C=C(\C#N)C(=O)NC[C@H]1CCCO1)O[C@@H](C)C2. The predicted molar refractivity (Wildman–Crippen MR) is 97.0 cm³/mol. The monoisotopic (exact) mass is 356 g/mol. The molecule has 3 rings (SSSR count). The summed E-state index contributed by atoms with van der Waals surface area (Å²) < 4.78 is 17.0. The molecular formula is C20H24N2O4. The minimum Gasteiger partial charge on any atom is -0.493 e. The molecule has 0 spiro atoms. The molecular weight excluding hydrogens is 332 g/mol. The van der Waals surface area contributed by atoms with Gasteiger partial charge in [-0.2, -0.15) is 5.26 Å². The van der Waals surface area contributed by atoms with Gasteiger partial charge in [0.15, 0.2) is 0 Å². The van der Waals surface area contributed by atoms with E-state index in [0.29, 0.717) is 24.5 Å². The van der Waals surface area contributed by atoms with Crippen LogP contribution in [0.5, 0.6) is 11.5 Å². The van der Waals surface area contributed by atoms with Gasteiger partial charge >= 0.3 is 0 Å². The Kier molecular flexibility index (Phi) is 5.79. The fourth-order valence-corrected chi connectivity index (χ4v) is 3.26. The average molecular weight is 356 g/mol. The van der Waals surface area contributed by atoms with Crippen LogP contribution in [0.3, 0.4) is 0 Å². The zero-order chi connectivity index (χ0) is 18.5. The van der Waals surface area contributed by atoms with Gasteiger partial charge in [0.05, 0.1) is 12.7 Å². The maximum atomic E-state index is 12.4. The van der Waals surface area contributed by atoms with E-state index in [-0.39, 0.29) is 17.8 Å². The average Bonchev–Trinajstić information content (AvgIpc) is 3.26. The minimum absolute atomic E-state index is 0.0350. The molecule has 1 saturated heterocycles. The standard InChI is InChI=1S/C20H24N2O4/c1-3-24-18-9-14-7-13(2)26-19(14)10-15(18)8-16(11-21)20(23)22-12-17-5-4-6-25-17/h8-10,13,17H,3-7,12H2,1-2H3,(H,22,23)/b16-8+/t13-,17+/m0/s1. The van der Waals surface area contributed by atoms with Crippen molar-refractivity contribution in [2.24, 2.45) is 0 Å². The van der Waals surface area contributed by atoms with E-state index in [2.05, 4.69) is 5.32 Å². The van der Waals surface area contributed by atoms with Crippen molar-refractivity contribution in [2.75, 3.05) is 19.8 Å². The Hall–Kier alpha value is -2.52. The summed E-state index contributed by atoms with van der Waals surface area (Å²) >= 11 is 0. The number of hydrogen-bond donors (Lipinski definition) is 1. The summed E-state index contributed by atoms with van der Waals surface area (Å²) in [5, 5.41) is 12.2. The molecule has 6 heteroatoms. The van der Waals surface area contributed by atoms with Crippen LogP contribution in [0.2, 0.25) is 0 Å². The third-order valence-corrected chi connectivity index (χ3v) is 4.51. The quantitative estimate of drug-likeness (QED) is 0.626. The lowest BCUT2D eigenvalue weighted by Crippen LogP contribution is -2.32. The first kappa shape index (κ1) is 18.3. The molecule has 2 heterocycles. The summed E-state index contributed by atoms with van der Waals surface area (Å²) in [6.07, 6.45) is 4.47. The molecule has 0 unspecified atom stereocenters. The molecule has 0 radical (unpaired) electrons. The van der Waals surface area contributed by atoms with E-state index in [1.807, 2.05) is 32.0 Å². The van der Waals surface area contributed by atoms with Crippen LogP contribution in [0.25, 0.3) is 6.08 Å². The number of ether oxygens (including phenoxy) is 3. The molecule has 0 aromatic heterocycles. The van der Waals surface area contributed by atoms with Gasteiger partial charge in [-0.1, -0.05) is 0 Å². The van der Waals surface area contributed by atoms with Gasteiger partial charge in [-0.3, -0.25) is 4.79 Å². The Labute approximate surface area is 153 Å². The second kappa shape index (κ2) is 8.24. The van der Waals surface area contributed by atoms with Crippen LogP contribution in [0.4, 0.5) is 0 Å². The fraction of sp³-hybridized carbons (Fsp3) is 0.500. The molecule has 1 N–H and O–H groups in total. The highest BCUT2D eigenvalue weighted by molar-refractivity contribution is 6.02. The number of carbonyl (C=O) groups is 1. The fourth-order valence-electron chi connectivity index (χ4n) is 3.26.